The van der Waals surface area contributed by atoms with Gasteiger partial charge in [-0.2, -0.15) is 13.2 Å². The van der Waals surface area contributed by atoms with Crippen molar-refractivity contribution in [2.75, 3.05) is 12.4 Å². The van der Waals surface area contributed by atoms with Crippen LogP contribution in [0.5, 0.6) is 5.75 Å². The highest BCUT2D eigenvalue weighted by molar-refractivity contribution is 6.06. The lowest BCUT2D eigenvalue weighted by Gasteiger charge is -2.11. The fourth-order valence-electron chi connectivity index (χ4n) is 1.94. The quantitative estimate of drug-likeness (QED) is 0.919. The number of carbonyl (C=O) groups is 1. The molecule has 0 fully saturated rings. The molecule has 1 N–H and O–H groups in total. The van der Waals surface area contributed by atoms with Gasteiger partial charge in [-0.3, -0.25) is 4.79 Å². The van der Waals surface area contributed by atoms with Crippen molar-refractivity contribution in [3.8, 4) is 5.75 Å². The van der Waals surface area contributed by atoms with Gasteiger partial charge in [0.25, 0.3) is 5.91 Å². The average Bonchev–Trinajstić information content (AvgIpc) is 2.46. The van der Waals surface area contributed by atoms with Crippen LogP contribution in [0.1, 0.15) is 21.5 Å². The van der Waals surface area contributed by atoms with Gasteiger partial charge in [-0.25, -0.2) is 0 Å². The molecule has 0 aliphatic carbocycles. The van der Waals surface area contributed by atoms with Crippen LogP contribution in [-0.4, -0.2) is 13.0 Å². The Morgan fingerprint density at radius 3 is 2.27 bits per heavy atom. The molecule has 22 heavy (non-hydrogen) atoms. The molecule has 1 amide bonds. The van der Waals surface area contributed by atoms with E-state index in [1.165, 1.54) is 19.2 Å². The Balaban J connectivity index is 2.20. The Morgan fingerprint density at radius 1 is 1.09 bits per heavy atom. The average molecular weight is 309 g/mol. The van der Waals surface area contributed by atoms with Crippen molar-refractivity contribution in [3.05, 3.63) is 59.2 Å². The van der Waals surface area contributed by atoms with E-state index in [4.69, 9.17) is 4.74 Å². The lowest BCUT2D eigenvalue weighted by Crippen LogP contribution is -2.14. The largest absolute Gasteiger partial charge is 0.496 e. The first-order chi connectivity index (χ1) is 10.3. The van der Waals surface area contributed by atoms with Crippen molar-refractivity contribution in [1.82, 2.24) is 0 Å². The molecule has 0 spiro atoms. The summed E-state index contributed by atoms with van der Waals surface area (Å²) in [7, 11) is 1.44. The van der Waals surface area contributed by atoms with Gasteiger partial charge in [-0.15, -0.1) is 0 Å². The summed E-state index contributed by atoms with van der Waals surface area (Å²) in [5.41, 5.74) is 0.709. The maximum Gasteiger partial charge on any atom is 0.416 e. The van der Waals surface area contributed by atoms with Gasteiger partial charge in [0.1, 0.15) is 5.75 Å². The number of anilines is 1. The maximum absolute atomic E-state index is 12.5. The van der Waals surface area contributed by atoms with Crippen LogP contribution in [0.15, 0.2) is 42.5 Å². The number of benzene rings is 2. The predicted molar refractivity (Wildman–Crippen MR) is 77.1 cm³/mol. The second kappa shape index (κ2) is 6.09. The normalized spacial score (nSPS) is 11.1. The number of methoxy groups -OCH3 is 1. The van der Waals surface area contributed by atoms with E-state index >= 15 is 0 Å². The van der Waals surface area contributed by atoms with Gasteiger partial charge >= 0.3 is 6.18 Å². The highest BCUT2D eigenvalue weighted by atomic mass is 19.4. The van der Waals surface area contributed by atoms with Crippen LogP contribution in [0.25, 0.3) is 0 Å². The van der Waals surface area contributed by atoms with Crippen LogP contribution >= 0.6 is 0 Å². The predicted octanol–water partition coefficient (Wildman–Crippen LogP) is 4.27. The van der Waals surface area contributed by atoms with E-state index in [-0.39, 0.29) is 5.69 Å². The molecule has 2 rings (SSSR count). The number of hydrogen-bond acceptors (Lipinski definition) is 2. The fourth-order valence-corrected chi connectivity index (χ4v) is 1.94. The van der Waals surface area contributed by atoms with Crippen LogP contribution in [0, 0.1) is 6.92 Å². The number of nitrogens with one attached hydrogen (secondary N) is 1. The van der Waals surface area contributed by atoms with Gasteiger partial charge in [0, 0.05) is 5.69 Å². The molecule has 0 heterocycles. The monoisotopic (exact) mass is 309 g/mol. The lowest BCUT2D eigenvalue weighted by molar-refractivity contribution is -0.137. The lowest BCUT2D eigenvalue weighted by atomic mass is 10.1. The van der Waals surface area contributed by atoms with Crippen LogP contribution in [0.3, 0.4) is 0 Å². The molecule has 0 radical (unpaired) electrons. The van der Waals surface area contributed by atoms with Gasteiger partial charge in [0.15, 0.2) is 0 Å². The van der Waals surface area contributed by atoms with E-state index in [0.29, 0.717) is 11.3 Å². The van der Waals surface area contributed by atoms with Gasteiger partial charge in [-0.05, 0) is 43.3 Å². The van der Waals surface area contributed by atoms with E-state index in [0.717, 1.165) is 17.7 Å². The van der Waals surface area contributed by atoms with Crippen molar-refractivity contribution in [2.24, 2.45) is 0 Å². The van der Waals surface area contributed by atoms with Gasteiger partial charge < -0.3 is 10.1 Å². The van der Waals surface area contributed by atoms with Crippen LogP contribution in [-0.2, 0) is 6.18 Å². The third kappa shape index (κ3) is 3.58. The standard InChI is InChI=1S/C16H14F3NO2/c1-10-3-8-14(22-2)13(9-10)15(21)20-12-6-4-11(5-7-12)16(17,18)19/h3-9H,1-2H3,(H,20,21). The minimum absolute atomic E-state index is 0.279. The number of ether oxygens (including phenoxy) is 1. The van der Waals surface area contributed by atoms with E-state index in [9.17, 15) is 18.0 Å². The molecular formula is C16H14F3NO2. The molecule has 0 aliphatic heterocycles. The van der Waals surface area contributed by atoms with E-state index in [2.05, 4.69) is 5.32 Å². The molecule has 0 saturated carbocycles. The molecule has 0 aliphatic rings. The summed E-state index contributed by atoms with van der Waals surface area (Å²) in [4.78, 5) is 12.2. The first-order valence-electron chi connectivity index (χ1n) is 6.44. The highest BCUT2D eigenvalue weighted by Crippen LogP contribution is 2.30. The van der Waals surface area contributed by atoms with E-state index < -0.39 is 17.6 Å². The smallest absolute Gasteiger partial charge is 0.416 e. The van der Waals surface area contributed by atoms with E-state index in [1.54, 1.807) is 18.2 Å². The molecule has 6 heteroatoms. The Hall–Kier alpha value is -2.50. The summed E-state index contributed by atoms with van der Waals surface area (Å²) >= 11 is 0. The Labute approximate surface area is 125 Å². The van der Waals surface area contributed by atoms with Crippen molar-refractivity contribution in [2.45, 2.75) is 13.1 Å². The highest BCUT2D eigenvalue weighted by Gasteiger charge is 2.30. The molecule has 2 aromatic rings. The third-order valence-electron chi connectivity index (χ3n) is 3.07. The SMILES string of the molecule is COc1ccc(C)cc1C(=O)Nc1ccc(C(F)(F)F)cc1. The zero-order chi connectivity index (χ0) is 16.3. The number of alkyl halides is 3. The summed E-state index contributed by atoms with van der Waals surface area (Å²) < 4.78 is 42.6. The minimum Gasteiger partial charge on any atom is -0.496 e. The third-order valence-corrected chi connectivity index (χ3v) is 3.07. The fraction of sp³-hybridized carbons (Fsp3) is 0.188. The Bertz CT molecular complexity index is 679. The van der Waals surface area contributed by atoms with Crippen molar-refractivity contribution in [3.63, 3.8) is 0 Å². The zero-order valence-electron chi connectivity index (χ0n) is 12.0. The molecule has 116 valence electrons. The molecule has 0 bridgehead atoms. The zero-order valence-corrected chi connectivity index (χ0v) is 12.0. The summed E-state index contributed by atoms with van der Waals surface area (Å²) in [6, 6.07) is 9.38. The molecule has 0 saturated heterocycles. The first kappa shape index (κ1) is 15.9. The van der Waals surface area contributed by atoms with Crippen LogP contribution < -0.4 is 10.1 Å². The Kier molecular flexibility index (Phi) is 4.40. The molecular weight excluding hydrogens is 295 g/mol. The van der Waals surface area contributed by atoms with E-state index in [1.807, 2.05) is 6.92 Å². The summed E-state index contributed by atoms with van der Waals surface area (Å²) in [5.74, 6) is -0.0460. The van der Waals surface area contributed by atoms with Gasteiger partial charge in [-0.1, -0.05) is 11.6 Å². The maximum atomic E-state index is 12.5. The van der Waals surface area contributed by atoms with Crippen molar-refractivity contribution in [1.29, 1.82) is 0 Å². The number of halogens is 3. The van der Waals surface area contributed by atoms with Crippen molar-refractivity contribution < 1.29 is 22.7 Å². The Morgan fingerprint density at radius 2 is 1.73 bits per heavy atom. The molecule has 2 aromatic carbocycles. The number of amides is 1. The van der Waals surface area contributed by atoms with Crippen molar-refractivity contribution >= 4 is 11.6 Å². The molecule has 3 nitrogen and oxygen atoms in total. The number of aryl methyl sites for hydroxylation is 1. The van der Waals surface area contributed by atoms with Crippen LogP contribution in [0.2, 0.25) is 0 Å². The number of hydrogen-bond donors (Lipinski definition) is 1. The number of carbonyl (C=O) groups excluding carboxylic acids is 1. The summed E-state index contributed by atoms with van der Waals surface area (Å²) in [5, 5.41) is 2.55. The topological polar surface area (TPSA) is 38.3 Å². The van der Waals surface area contributed by atoms with Gasteiger partial charge in [0.05, 0.1) is 18.2 Å². The number of rotatable bonds is 3. The molecule has 0 atom stereocenters. The molecule has 0 aromatic heterocycles. The minimum atomic E-state index is -4.40. The summed E-state index contributed by atoms with van der Waals surface area (Å²) in [6.45, 7) is 1.83. The second-order valence-electron chi connectivity index (χ2n) is 4.73. The first-order valence-corrected chi connectivity index (χ1v) is 6.44. The van der Waals surface area contributed by atoms with Crippen LogP contribution in [0.4, 0.5) is 18.9 Å². The molecule has 0 unspecified atom stereocenters. The summed E-state index contributed by atoms with van der Waals surface area (Å²) in [6.07, 6.45) is -4.40. The second-order valence-corrected chi connectivity index (χ2v) is 4.73. The van der Waals surface area contributed by atoms with Gasteiger partial charge in [0.2, 0.25) is 0 Å².